The molecule has 0 aliphatic rings. The van der Waals surface area contributed by atoms with Gasteiger partial charge >= 0.3 is 0 Å². The molecule has 1 N–H and O–H groups in total. The first kappa shape index (κ1) is 34.7. The average molecular weight is 644 g/mol. The number of nitrogens with zero attached hydrogens (tertiary/aromatic N) is 2. The number of sulfonamides is 1. The number of amides is 2. The van der Waals surface area contributed by atoms with Crippen LogP contribution in [0.15, 0.2) is 65.6 Å². The van der Waals surface area contributed by atoms with E-state index in [0.29, 0.717) is 22.9 Å². The number of anilines is 1. The van der Waals surface area contributed by atoms with E-state index < -0.39 is 28.5 Å². The highest BCUT2D eigenvalue weighted by Crippen LogP contribution is 2.33. The molecule has 0 heterocycles. The molecule has 3 rings (SSSR count). The maximum absolute atomic E-state index is 14.3. The summed E-state index contributed by atoms with van der Waals surface area (Å²) in [5.74, 6) is -0.232. The van der Waals surface area contributed by atoms with Crippen LogP contribution in [0.5, 0.6) is 11.5 Å². The first-order valence-electron chi connectivity index (χ1n) is 14.5. The maximum atomic E-state index is 14.3. The summed E-state index contributed by atoms with van der Waals surface area (Å²) >= 11 is 6.10. The molecular weight excluding hydrogens is 602 g/mol. The van der Waals surface area contributed by atoms with Crippen LogP contribution in [-0.2, 0) is 26.2 Å². The number of carbonyl (C=O) groups excluding carboxylic acids is 2. The van der Waals surface area contributed by atoms with E-state index in [9.17, 15) is 18.0 Å². The van der Waals surface area contributed by atoms with Gasteiger partial charge in [0.15, 0.2) is 11.5 Å². The van der Waals surface area contributed by atoms with Gasteiger partial charge in [-0.25, -0.2) is 8.42 Å². The van der Waals surface area contributed by atoms with Gasteiger partial charge in [-0.3, -0.25) is 13.9 Å². The van der Waals surface area contributed by atoms with E-state index in [1.165, 1.54) is 37.3 Å². The predicted molar refractivity (Wildman–Crippen MR) is 174 cm³/mol. The number of hydrogen-bond donors (Lipinski definition) is 1. The van der Waals surface area contributed by atoms with E-state index in [4.69, 9.17) is 21.1 Å². The lowest BCUT2D eigenvalue weighted by molar-refractivity contribution is -0.140. The maximum Gasteiger partial charge on any atom is 0.264 e. The van der Waals surface area contributed by atoms with Crippen LogP contribution < -0.4 is 19.1 Å². The molecule has 238 valence electrons. The predicted octanol–water partition coefficient (Wildman–Crippen LogP) is 5.89. The molecule has 0 aromatic heterocycles. The van der Waals surface area contributed by atoms with E-state index in [1.807, 2.05) is 40.7 Å². The van der Waals surface area contributed by atoms with Crippen molar-refractivity contribution < 1.29 is 27.5 Å². The van der Waals surface area contributed by atoms with Gasteiger partial charge in [0.05, 0.1) is 24.8 Å². The molecule has 0 radical (unpaired) electrons. The van der Waals surface area contributed by atoms with Crippen LogP contribution >= 0.6 is 11.6 Å². The molecule has 2 atom stereocenters. The van der Waals surface area contributed by atoms with Crippen LogP contribution in [0.4, 0.5) is 5.69 Å². The Labute approximate surface area is 266 Å². The summed E-state index contributed by atoms with van der Waals surface area (Å²) < 4.78 is 40.3. The van der Waals surface area contributed by atoms with Gasteiger partial charge < -0.3 is 19.7 Å². The van der Waals surface area contributed by atoms with Gasteiger partial charge in [0.2, 0.25) is 11.8 Å². The first-order valence-corrected chi connectivity index (χ1v) is 16.3. The fourth-order valence-corrected chi connectivity index (χ4v) is 6.41. The molecule has 0 aliphatic carbocycles. The Balaban J connectivity index is 2.13. The molecule has 0 aliphatic heterocycles. The van der Waals surface area contributed by atoms with Crippen molar-refractivity contribution in [1.29, 1.82) is 0 Å². The normalized spacial score (nSPS) is 12.6. The number of methoxy groups -OCH3 is 2. The third-order valence-corrected chi connectivity index (χ3v) is 9.39. The second-order valence-electron chi connectivity index (χ2n) is 10.8. The molecule has 2 amide bonds. The van der Waals surface area contributed by atoms with Gasteiger partial charge in [0.1, 0.15) is 12.6 Å². The highest BCUT2D eigenvalue weighted by molar-refractivity contribution is 7.92. The van der Waals surface area contributed by atoms with Crippen molar-refractivity contribution in [3.05, 3.63) is 82.4 Å². The van der Waals surface area contributed by atoms with E-state index in [-0.39, 0.29) is 29.1 Å². The van der Waals surface area contributed by atoms with Gasteiger partial charge in [-0.05, 0) is 86.7 Å². The van der Waals surface area contributed by atoms with Crippen LogP contribution in [0.2, 0.25) is 5.02 Å². The molecule has 9 nitrogen and oxygen atoms in total. The lowest BCUT2D eigenvalue weighted by atomic mass is 10.1. The van der Waals surface area contributed by atoms with Crippen LogP contribution in [0, 0.1) is 13.8 Å². The summed E-state index contributed by atoms with van der Waals surface area (Å²) in [5, 5.41) is 3.52. The SMILES string of the molecule is CC[C@@H](C)NC(=O)[C@H](CC)N(Cc1ccc(Cl)cc1)C(=O)CN(c1cc(C)cc(C)c1)S(=O)(=O)c1ccc(OC)c(OC)c1. The molecule has 11 heteroatoms. The molecule has 0 spiro atoms. The lowest BCUT2D eigenvalue weighted by Crippen LogP contribution is -2.53. The molecule has 0 unspecified atom stereocenters. The number of halogens is 1. The highest BCUT2D eigenvalue weighted by atomic mass is 35.5. The van der Waals surface area contributed by atoms with Crippen molar-refractivity contribution >= 4 is 39.1 Å². The minimum atomic E-state index is -4.30. The molecule has 0 saturated carbocycles. The van der Waals surface area contributed by atoms with Crippen molar-refractivity contribution in [2.24, 2.45) is 0 Å². The van der Waals surface area contributed by atoms with Gasteiger partial charge in [0.25, 0.3) is 10.0 Å². The number of nitrogens with one attached hydrogen (secondary N) is 1. The van der Waals surface area contributed by atoms with E-state index >= 15 is 0 Å². The summed E-state index contributed by atoms with van der Waals surface area (Å²) in [4.78, 5) is 29.1. The third-order valence-electron chi connectivity index (χ3n) is 7.37. The zero-order valence-electron chi connectivity index (χ0n) is 26.4. The van der Waals surface area contributed by atoms with Crippen LogP contribution in [0.1, 0.15) is 50.3 Å². The van der Waals surface area contributed by atoms with Crippen LogP contribution in [0.3, 0.4) is 0 Å². The standard InChI is InChI=1S/C33H42ClN3O6S/c1-8-24(5)35-33(39)29(9-2)36(20-25-10-12-26(34)13-11-25)32(38)21-37(27-17-22(3)16-23(4)18-27)44(40,41)28-14-15-30(42-6)31(19-28)43-7/h10-19,24,29H,8-9,20-21H2,1-7H3,(H,35,39)/t24-,29+/m1/s1. The molecule has 0 saturated heterocycles. The smallest absolute Gasteiger partial charge is 0.264 e. The Morgan fingerprint density at radius 3 is 2.05 bits per heavy atom. The fraction of sp³-hybridized carbons (Fsp3) is 0.394. The number of benzene rings is 3. The molecule has 3 aromatic carbocycles. The zero-order chi connectivity index (χ0) is 32.6. The largest absolute Gasteiger partial charge is 0.493 e. The summed E-state index contributed by atoms with van der Waals surface area (Å²) in [6, 6.07) is 15.7. The number of rotatable bonds is 14. The Hall–Kier alpha value is -3.76. The van der Waals surface area contributed by atoms with Crippen molar-refractivity contribution in [2.75, 3.05) is 25.1 Å². The van der Waals surface area contributed by atoms with Crippen LogP contribution in [0.25, 0.3) is 0 Å². The van der Waals surface area contributed by atoms with Crippen molar-refractivity contribution in [2.45, 2.75) is 71.0 Å². The number of ether oxygens (including phenoxy) is 2. The first-order chi connectivity index (χ1) is 20.8. The summed E-state index contributed by atoms with van der Waals surface area (Å²) in [5.41, 5.74) is 2.74. The van der Waals surface area contributed by atoms with E-state index in [0.717, 1.165) is 27.4 Å². The average Bonchev–Trinajstić information content (AvgIpc) is 2.99. The summed E-state index contributed by atoms with van der Waals surface area (Å²) in [7, 11) is -1.41. The van der Waals surface area contributed by atoms with E-state index in [1.54, 1.807) is 36.4 Å². The molecule has 3 aromatic rings. The molecule has 0 bridgehead atoms. The number of aryl methyl sites for hydroxylation is 2. The molecular formula is C33H42ClN3O6S. The minimum Gasteiger partial charge on any atom is -0.493 e. The lowest BCUT2D eigenvalue weighted by Gasteiger charge is -2.34. The Morgan fingerprint density at radius 2 is 1.50 bits per heavy atom. The monoisotopic (exact) mass is 643 g/mol. The molecule has 44 heavy (non-hydrogen) atoms. The van der Waals surface area contributed by atoms with Crippen molar-refractivity contribution in [3.63, 3.8) is 0 Å². The van der Waals surface area contributed by atoms with Gasteiger partial charge in [0, 0.05) is 23.7 Å². The summed E-state index contributed by atoms with van der Waals surface area (Å²) in [6.45, 7) is 8.94. The highest BCUT2D eigenvalue weighted by Gasteiger charge is 2.34. The topological polar surface area (TPSA) is 105 Å². The Kier molecular flexibility index (Phi) is 12.1. The van der Waals surface area contributed by atoms with Gasteiger partial charge in [-0.2, -0.15) is 0 Å². The second kappa shape index (κ2) is 15.3. The van der Waals surface area contributed by atoms with Gasteiger partial charge in [-0.1, -0.05) is 43.6 Å². The van der Waals surface area contributed by atoms with Crippen LogP contribution in [-0.4, -0.2) is 58.0 Å². The Morgan fingerprint density at radius 1 is 0.886 bits per heavy atom. The number of carbonyl (C=O) groups is 2. The fourth-order valence-electron chi connectivity index (χ4n) is 4.87. The quantitative estimate of drug-likeness (QED) is 0.235. The zero-order valence-corrected chi connectivity index (χ0v) is 28.0. The molecule has 0 fully saturated rings. The Bertz CT molecular complexity index is 1540. The van der Waals surface area contributed by atoms with Crippen molar-refractivity contribution in [1.82, 2.24) is 10.2 Å². The summed E-state index contributed by atoms with van der Waals surface area (Å²) in [6.07, 6.45) is 1.05. The number of hydrogen-bond acceptors (Lipinski definition) is 6. The van der Waals surface area contributed by atoms with E-state index in [2.05, 4.69) is 5.32 Å². The third kappa shape index (κ3) is 8.45. The van der Waals surface area contributed by atoms with Gasteiger partial charge in [-0.15, -0.1) is 0 Å². The van der Waals surface area contributed by atoms with Crippen molar-refractivity contribution in [3.8, 4) is 11.5 Å². The second-order valence-corrected chi connectivity index (χ2v) is 13.1. The minimum absolute atomic E-state index is 0.0760.